The Labute approximate surface area is 120 Å². The third-order valence-corrected chi connectivity index (χ3v) is 3.98. The number of urea groups is 1. The monoisotopic (exact) mass is 277 g/mol. The molecule has 2 atom stereocenters. The minimum absolute atomic E-state index is 0.0679. The lowest BCUT2D eigenvalue weighted by atomic mass is 9.89. The van der Waals surface area contributed by atoms with Gasteiger partial charge in [0.1, 0.15) is 12.0 Å². The number of nitrogens with one attached hydrogen (secondary N) is 1. The van der Waals surface area contributed by atoms with Gasteiger partial charge in [0.2, 0.25) is 0 Å². The Morgan fingerprint density at radius 1 is 1.40 bits per heavy atom. The Kier molecular flexibility index (Phi) is 4.42. The fraction of sp³-hybridized carbons (Fsp3) is 0.643. The van der Waals surface area contributed by atoms with Crippen LogP contribution in [0.3, 0.4) is 0 Å². The zero-order valence-electron chi connectivity index (χ0n) is 12.6. The van der Waals surface area contributed by atoms with Crippen LogP contribution in [0.1, 0.15) is 20.3 Å². The van der Waals surface area contributed by atoms with E-state index in [1.165, 1.54) is 6.33 Å². The van der Waals surface area contributed by atoms with E-state index in [0.717, 1.165) is 19.5 Å². The average molecular weight is 277 g/mol. The van der Waals surface area contributed by atoms with E-state index < -0.39 is 0 Å². The van der Waals surface area contributed by atoms with E-state index in [1.54, 1.807) is 6.20 Å². The Balaban J connectivity index is 2.05. The van der Waals surface area contributed by atoms with Crippen LogP contribution < -0.4 is 10.2 Å². The van der Waals surface area contributed by atoms with Gasteiger partial charge < -0.3 is 15.1 Å². The molecule has 0 radical (unpaired) electrons. The van der Waals surface area contributed by atoms with E-state index in [2.05, 4.69) is 29.1 Å². The smallest absolute Gasteiger partial charge is 0.321 e. The Morgan fingerprint density at radius 2 is 2.15 bits per heavy atom. The summed E-state index contributed by atoms with van der Waals surface area (Å²) in [4.78, 5) is 24.2. The van der Waals surface area contributed by atoms with Crippen molar-refractivity contribution in [3.63, 3.8) is 0 Å². The average Bonchev–Trinajstić information content (AvgIpc) is 2.42. The molecule has 1 aromatic heterocycles. The van der Waals surface area contributed by atoms with Gasteiger partial charge in [-0.25, -0.2) is 14.8 Å². The molecule has 1 aliphatic rings. The fourth-order valence-corrected chi connectivity index (χ4v) is 2.41. The summed E-state index contributed by atoms with van der Waals surface area (Å²) in [5.41, 5.74) is 0.647. The number of rotatable bonds is 2. The van der Waals surface area contributed by atoms with Crippen molar-refractivity contribution in [1.29, 1.82) is 0 Å². The third-order valence-electron chi connectivity index (χ3n) is 3.98. The number of hydrogen-bond donors (Lipinski definition) is 1. The van der Waals surface area contributed by atoms with Crippen LogP contribution in [0.2, 0.25) is 0 Å². The molecule has 0 unspecified atom stereocenters. The summed E-state index contributed by atoms with van der Waals surface area (Å²) in [6.45, 7) is 6.05. The maximum Gasteiger partial charge on any atom is 0.321 e. The van der Waals surface area contributed by atoms with Crippen molar-refractivity contribution in [1.82, 2.24) is 14.9 Å². The topological polar surface area (TPSA) is 61.4 Å². The molecule has 0 aliphatic carbocycles. The van der Waals surface area contributed by atoms with Gasteiger partial charge in [-0.2, -0.15) is 0 Å². The predicted octanol–water partition coefficient (Wildman–Crippen LogP) is 2.05. The number of carbonyl (C=O) groups excluding carboxylic acids is 1. The number of anilines is 2. The number of amides is 2. The van der Waals surface area contributed by atoms with Gasteiger partial charge in [0.05, 0.1) is 6.20 Å². The molecule has 2 amide bonds. The van der Waals surface area contributed by atoms with E-state index in [9.17, 15) is 4.79 Å². The van der Waals surface area contributed by atoms with Crippen LogP contribution in [0.15, 0.2) is 12.5 Å². The van der Waals surface area contributed by atoms with Crippen molar-refractivity contribution >= 4 is 17.5 Å². The number of aromatic nitrogens is 2. The zero-order chi connectivity index (χ0) is 14.7. The highest BCUT2D eigenvalue weighted by Crippen LogP contribution is 2.24. The molecule has 110 valence electrons. The van der Waals surface area contributed by atoms with Crippen LogP contribution in [-0.2, 0) is 0 Å². The SMILES string of the molecule is C[C@@H]1CN(C(=O)Nc2cncnc2N(C)C)CC[C@@H]1C. The number of likely N-dealkylation sites (tertiary alicyclic amines) is 1. The summed E-state index contributed by atoms with van der Waals surface area (Å²) < 4.78 is 0. The van der Waals surface area contributed by atoms with E-state index in [0.29, 0.717) is 23.3 Å². The molecule has 1 aromatic rings. The van der Waals surface area contributed by atoms with Crippen LogP contribution in [0.4, 0.5) is 16.3 Å². The van der Waals surface area contributed by atoms with Gasteiger partial charge in [0, 0.05) is 27.2 Å². The highest BCUT2D eigenvalue weighted by Gasteiger charge is 2.26. The Hall–Kier alpha value is -1.85. The Morgan fingerprint density at radius 3 is 2.80 bits per heavy atom. The molecule has 6 nitrogen and oxygen atoms in total. The minimum Gasteiger partial charge on any atom is -0.361 e. The molecule has 0 spiro atoms. The standard InChI is InChI=1S/C14H23N5O/c1-10-5-6-19(8-11(10)2)14(20)17-12-7-15-9-16-13(12)18(3)4/h7,9-11H,5-6,8H2,1-4H3,(H,17,20)/t10-,11+/m0/s1. The van der Waals surface area contributed by atoms with E-state index in [1.807, 2.05) is 23.9 Å². The first-order valence-electron chi connectivity index (χ1n) is 7.02. The molecule has 1 N–H and O–H groups in total. The number of piperidine rings is 1. The fourth-order valence-electron chi connectivity index (χ4n) is 2.41. The second-order valence-electron chi connectivity index (χ2n) is 5.77. The van der Waals surface area contributed by atoms with Crippen molar-refractivity contribution in [3.05, 3.63) is 12.5 Å². The predicted molar refractivity (Wildman–Crippen MR) is 79.9 cm³/mol. The first kappa shape index (κ1) is 14.6. The summed E-state index contributed by atoms with van der Waals surface area (Å²) >= 11 is 0. The molecular weight excluding hydrogens is 254 g/mol. The third kappa shape index (κ3) is 3.18. The number of nitrogens with zero attached hydrogens (tertiary/aromatic N) is 4. The highest BCUT2D eigenvalue weighted by atomic mass is 16.2. The Bertz CT molecular complexity index is 476. The lowest BCUT2D eigenvalue weighted by Gasteiger charge is -2.35. The molecule has 2 rings (SSSR count). The van der Waals surface area contributed by atoms with Crippen LogP contribution in [0.25, 0.3) is 0 Å². The molecule has 0 bridgehead atoms. The molecule has 1 fully saturated rings. The largest absolute Gasteiger partial charge is 0.361 e. The van der Waals surface area contributed by atoms with Crippen LogP contribution in [0.5, 0.6) is 0 Å². The minimum atomic E-state index is -0.0679. The summed E-state index contributed by atoms with van der Waals surface area (Å²) in [7, 11) is 3.78. The van der Waals surface area contributed by atoms with Gasteiger partial charge in [0.15, 0.2) is 5.82 Å². The van der Waals surface area contributed by atoms with E-state index >= 15 is 0 Å². The van der Waals surface area contributed by atoms with Gasteiger partial charge in [0.25, 0.3) is 0 Å². The summed E-state index contributed by atoms with van der Waals surface area (Å²) in [5, 5.41) is 2.92. The highest BCUT2D eigenvalue weighted by molar-refractivity contribution is 5.92. The molecule has 6 heteroatoms. The maximum absolute atomic E-state index is 12.3. The van der Waals surface area contributed by atoms with E-state index in [-0.39, 0.29) is 6.03 Å². The summed E-state index contributed by atoms with van der Waals surface area (Å²) in [6, 6.07) is -0.0679. The summed E-state index contributed by atoms with van der Waals surface area (Å²) in [5.74, 6) is 1.93. The molecule has 1 aliphatic heterocycles. The van der Waals surface area contributed by atoms with Crippen LogP contribution >= 0.6 is 0 Å². The van der Waals surface area contributed by atoms with Crippen molar-refractivity contribution in [3.8, 4) is 0 Å². The van der Waals surface area contributed by atoms with Gasteiger partial charge >= 0.3 is 6.03 Å². The molecule has 1 saturated heterocycles. The lowest BCUT2D eigenvalue weighted by molar-refractivity contribution is 0.154. The van der Waals surface area contributed by atoms with Crippen molar-refractivity contribution in [2.75, 3.05) is 37.4 Å². The molecule has 0 saturated carbocycles. The van der Waals surface area contributed by atoms with Gasteiger partial charge in [-0.3, -0.25) is 0 Å². The second kappa shape index (κ2) is 6.07. The number of carbonyl (C=O) groups is 1. The number of hydrogen-bond acceptors (Lipinski definition) is 4. The van der Waals surface area contributed by atoms with Crippen LogP contribution in [0, 0.1) is 11.8 Å². The lowest BCUT2D eigenvalue weighted by Crippen LogP contribution is -2.44. The molecule has 20 heavy (non-hydrogen) atoms. The molecule has 0 aromatic carbocycles. The van der Waals surface area contributed by atoms with Gasteiger partial charge in [-0.15, -0.1) is 0 Å². The molecular formula is C14H23N5O. The first-order chi connectivity index (χ1) is 9.49. The van der Waals surface area contributed by atoms with Gasteiger partial charge in [-0.1, -0.05) is 13.8 Å². The molecule has 2 heterocycles. The van der Waals surface area contributed by atoms with Crippen LogP contribution in [-0.4, -0.2) is 48.1 Å². The van der Waals surface area contributed by atoms with Crippen molar-refractivity contribution in [2.45, 2.75) is 20.3 Å². The quantitative estimate of drug-likeness (QED) is 0.898. The van der Waals surface area contributed by atoms with Crippen molar-refractivity contribution < 1.29 is 4.79 Å². The van der Waals surface area contributed by atoms with E-state index in [4.69, 9.17) is 0 Å². The summed E-state index contributed by atoms with van der Waals surface area (Å²) in [6.07, 6.45) is 4.17. The zero-order valence-corrected chi connectivity index (χ0v) is 12.6. The first-order valence-corrected chi connectivity index (χ1v) is 7.02. The van der Waals surface area contributed by atoms with Gasteiger partial charge in [-0.05, 0) is 18.3 Å². The van der Waals surface area contributed by atoms with Crippen molar-refractivity contribution in [2.24, 2.45) is 11.8 Å². The normalized spacial score (nSPS) is 22.5. The maximum atomic E-state index is 12.3. The second-order valence-corrected chi connectivity index (χ2v) is 5.77.